The van der Waals surface area contributed by atoms with Gasteiger partial charge in [-0.2, -0.15) is 0 Å². The molecule has 0 aromatic carbocycles. The van der Waals surface area contributed by atoms with Gasteiger partial charge in [0.25, 0.3) is 0 Å². The van der Waals surface area contributed by atoms with Gasteiger partial charge in [-0.05, 0) is 20.2 Å². The minimum absolute atomic E-state index is 0.838. The molecule has 5 heteroatoms. The Labute approximate surface area is 82.8 Å². The van der Waals surface area contributed by atoms with E-state index in [4.69, 9.17) is 4.28 Å². The van der Waals surface area contributed by atoms with Crippen LogP contribution in [0.5, 0.6) is 0 Å². The minimum Gasteiger partial charge on any atom is -0.311 e. The molecule has 0 atom stereocenters. The molecular formula is C7H14N2OS2. The molecule has 12 heavy (non-hydrogen) atoms. The molecule has 0 radical (unpaired) electrons. The van der Waals surface area contributed by atoms with Crippen molar-refractivity contribution < 1.29 is 4.28 Å². The molecule has 0 aliphatic carbocycles. The number of nitrogens with zero attached hydrogens (tertiary/aromatic N) is 2. The summed E-state index contributed by atoms with van der Waals surface area (Å²) < 4.78 is 4.70. The van der Waals surface area contributed by atoms with Gasteiger partial charge in [0.15, 0.2) is 11.1 Å². The van der Waals surface area contributed by atoms with Gasteiger partial charge in [0.05, 0.1) is 5.71 Å². The van der Waals surface area contributed by atoms with E-state index in [9.17, 15) is 0 Å². The Kier molecular flexibility index (Phi) is 7.43. The Morgan fingerprint density at radius 3 is 2.83 bits per heavy atom. The van der Waals surface area contributed by atoms with Gasteiger partial charge < -0.3 is 9.18 Å². The number of rotatable bonds is 6. The van der Waals surface area contributed by atoms with Crippen molar-refractivity contribution in [3.05, 3.63) is 12.7 Å². The molecule has 0 fully saturated rings. The van der Waals surface area contributed by atoms with Gasteiger partial charge in [-0.3, -0.25) is 0 Å². The fourth-order valence-electron chi connectivity index (χ4n) is 0.588. The lowest BCUT2D eigenvalue weighted by molar-refractivity contribution is 0.399. The SMILES string of the molecule is C=C/C(CCN(C)C)=N/OSS. The van der Waals surface area contributed by atoms with Gasteiger partial charge >= 0.3 is 0 Å². The molecule has 0 saturated heterocycles. The number of thiol groups is 1. The van der Waals surface area contributed by atoms with E-state index in [0.717, 1.165) is 29.8 Å². The van der Waals surface area contributed by atoms with Crippen LogP contribution in [0.15, 0.2) is 17.8 Å². The van der Waals surface area contributed by atoms with Crippen LogP contribution >= 0.6 is 22.7 Å². The molecular weight excluding hydrogens is 192 g/mol. The van der Waals surface area contributed by atoms with E-state index in [1.54, 1.807) is 6.08 Å². The van der Waals surface area contributed by atoms with Crippen LogP contribution in [-0.2, 0) is 4.28 Å². The summed E-state index contributed by atoms with van der Waals surface area (Å²) in [6, 6.07) is 0. The first-order valence-electron chi connectivity index (χ1n) is 3.52. The van der Waals surface area contributed by atoms with Gasteiger partial charge in [-0.25, -0.2) is 0 Å². The molecule has 3 nitrogen and oxygen atoms in total. The largest absolute Gasteiger partial charge is 0.311 e. The second kappa shape index (κ2) is 7.52. The third kappa shape index (κ3) is 6.57. The number of hydrogen-bond donors (Lipinski definition) is 1. The van der Waals surface area contributed by atoms with E-state index in [1.807, 2.05) is 14.1 Å². The number of hydrogen-bond acceptors (Lipinski definition) is 5. The highest BCUT2D eigenvalue weighted by atomic mass is 33.1. The van der Waals surface area contributed by atoms with Gasteiger partial charge in [-0.15, -0.1) is 0 Å². The highest BCUT2D eigenvalue weighted by molar-refractivity contribution is 8.66. The first-order chi connectivity index (χ1) is 5.70. The highest BCUT2D eigenvalue weighted by Gasteiger charge is 1.96. The molecule has 0 amide bonds. The van der Waals surface area contributed by atoms with E-state index in [0.29, 0.717) is 0 Å². The zero-order valence-corrected chi connectivity index (χ0v) is 9.07. The van der Waals surface area contributed by atoms with Gasteiger partial charge in [0.2, 0.25) is 0 Å². The van der Waals surface area contributed by atoms with Crippen LogP contribution in [0.4, 0.5) is 0 Å². The van der Waals surface area contributed by atoms with Crippen LogP contribution in [0.25, 0.3) is 0 Å². The van der Waals surface area contributed by atoms with Crippen molar-refractivity contribution >= 4 is 28.4 Å². The molecule has 0 heterocycles. The summed E-state index contributed by atoms with van der Waals surface area (Å²) in [5.74, 6) is 0. The maximum atomic E-state index is 4.70. The fourth-order valence-corrected chi connectivity index (χ4v) is 0.817. The average Bonchev–Trinajstić information content (AvgIpc) is 2.05. The zero-order chi connectivity index (χ0) is 9.40. The fraction of sp³-hybridized carbons (Fsp3) is 0.571. The predicted octanol–water partition coefficient (Wildman–Crippen LogP) is 1.99. The maximum absolute atomic E-state index is 4.70. The molecule has 0 aliphatic heterocycles. The normalized spacial score (nSPS) is 11.8. The van der Waals surface area contributed by atoms with Gasteiger partial charge in [0.1, 0.15) is 0 Å². The number of oxime groups is 1. The van der Waals surface area contributed by atoms with Crippen LogP contribution in [0, 0.1) is 0 Å². The van der Waals surface area contributed by atoms with Crippen molar-refractivity contribution in [3.63, 3.8) is 0 Å². The van der Waals surface area contributed by atoms with Gasteiger partial charge in [-0.1, -0.05) is 23.4 Å². The first kappa shape index (κ1) is 11.9. The summed E-state index contributed by atoms with van der Waals surface area (Å²) in [5, 5.41) is 3.79. The summed E-state index contributed by atoms with van der Waals surface area (Å²) in [5.41, 5.74) is 0.838. The van der Waals surface area contributed by atoms with Crippen molar-refractivity contribution in [3.8, 4) is 0 Å². The van der Waals surface area contributed by atoms with E-state index in [1.165, 1.54) is 0 Å². The Bertz CT molecular complexity index is 159. The predicted molar refractivity (Wildman–Crippen MR) is 58.5 cm³/mol. The van der Waals surface area contributed by atoms with Crippen LogP contribution in [-0.4, -0.2) is 31.3 Å². The second-order valence-electron chi connectivity index (χ2n) is 2.49. The first-order valence-corrected chi connectivity index (χ1v) is 5.31. The highest BCUT2D eigenvalue weighted by Crippen LogP contribution is 2.07. The van der Waals surface area contributed by atoms with Crippen LogP contribution < -0.4 is 0 Å². The minimum atomic E-state index is 0.838. The summed E-state index contributed by atoms with van der Waals surface area (Å²) >= 11 is 4.71. The van der Waals surface area contributed by atoms with Crippen molar-refractivity contribution in [1.29, 1.82) is 0 Å². The third-order valence-corrected chi connectivity index (χ3v) is 1.58. The molecule has 0 unspecified atom stereocenters. The standard InChI is InChI=1S/C7H14N2OS2/c1-4-7(8-10-12-11)5-6-9(2)3/h4,11H,1,5-6H2,2-3H3/b8-7-. The monoisotopic (exact) mass is 206 g/mol. The Hall–Kier alpha value is -0.130. The van der Waals surface area contributed by atoms with E-state index in [2.05, 4.69) is 28.3 Å². The molecule has 0 spiro atoms. The molecule has 0 bridgehead atoms. The summed E-state index contributed by atoms with van der Waals surface area (Å²) in [6.45, 7) is 4.56. The smallest absolute Gasteiger partial charge is 0.155 e. The Morgan fingerprint density at radius 2 is 2.42 bits per heavy atom. The average molecular weight is 206 g/mol. The summed E-state index contributed by atoms with van der Waals surface area (Å²) in [4.78, 5) is 2.08. The third-order valence-electron chi connectivity index (χ3n) is 1.24. The molecule has 0 aliphatic rings. The van der Waals surface area contributed by atoms with Crippen molar-refractivity contribution in [2.45, 2.75) is 6.42 Å². The van der Waals surface area contributed by atoms with Crippen molar-refractivity contribution in [2.24, 2.45) is 5.16 Å². The Morgan fingerprint density at radius 1 is 1.75 bits per heavy atom. The quantitative estimate of drug-likeness (QED) is 0.236. The Balaban J connectivity index is 3.74. The van der Waals surface area contributed by atoms with E-state index >= 15 is 0 Å². The lowest BCUT2D eigenvalue weighted by Crippen LogP contribution is -2.15. The second-order valence-corrected chi connectivity index (χ2v) is 3.23. The molecule has 70 valence electrons. The van der Waals surface area contributed by atoms with Crippen LogP contribution in [0.3, 0.4) is 0 Å². The molecule has 0 aromatic heterocycles. The van der Waals surface area contributed by atoms with E-state index < -0.39 is 0 Å². The summed E-state index contributed by atoms with van der Waals surface area (Å²) in [6.07, 6.45) is 2.53. The van der Waals surface area contributed by atoms with E-state index in [-0.39, 0.29) is 0 Å². The van der Waals surface area contributed by atoms with Crippen molar-refractivity contribution in [1.82, 2.24) is 4.90 Å². The van der Waals surface area contributed by atoms with Crippen LogP contribution in [0.1, 0.15) is 6.42 Å². The lowest BCUT2D eigenvalue weighted by Gasteiger charge is -2.07. The van der Waals surface area contributed by atoms with Crippen molar-refractivity contribution in [2.75, 3.05) is 20.6 Å². The lowest BCUT2D eigenvalue weighted by atomic mass is 10.2. The molecule has 0 saturated carbocycles. The molecule has 0 aromatic rings. The summed E-state index contributed by atoms with van der Waals surface area (Å²) in [7, 11) is 4.02. The van der Waals surface area contributed by atoms with Crippen LogP contribution in [0.2, 0.25) is 0 Å². The zero-order valence-electron chi connectivity index (χ0n) is 7.36. The van der Waals surface area contributed by atoms with Gasteiger partial charge in [0, 0.05) is 13.0 Å². The molecule has 0 rings (SSSR count). The topological polar surface area (TPSA) is 24.8 Å². The number of allylic oxidation sites excluding steroid dienone is 1. The maximum Gasteiger partial charge on any atom is 0.155 e. The molecule has 0 N–H and O–H groups in total.